The van der Waals surface area contributed by atoms with Gasteiger partial charge in [-0.05, 0) is 25.2 Å². The van der Waals surface area contributed by atoms with Crippen LogP contribution in [0.15, 0.2) is 53.4 Å². The number of benzene rings is 2. The number of para-hydroxylation sites is 2. The number of aryl methyl sites for hydroxylation is 1. The summed E-state index contributed by atoms with van der Waals surface area (Å²) in [5.74, 6) is -0.645. The monoisotopic (exact) mass is 451 g/mol. The zero-order valence-electron chi connectivity index (χ0n) is 18.1. The van der Waals surface area contributed by atoms with Crippen LogP contribution in [0, 0.1) is 0 Å². The molecule has 0 aliphatic carbocycles. The summed E-state index contributed by atoms with van der Waals surface area (Å²) >= 11 is 0. The third-order valence-corrected chi connectivity index (χ3v) is 7.86. The van der Waals surface area contributed by atoms with E-state index in [1.54, 1.807) is 36.0 Å². The molecule has 9 heteroatoms. The van der Waals surface area contributed by atoms with E-state index in [2.05, 4.69) is 27.3 Å². The molecule has 3 heterocycles. The predicted octanol–water partition coefficient (Wildman–Crippen LogP) is 2.38. The average molecular weight is 452 g/mol. The van der Waals surface area contributed by atoms with Crippen LogP contribution in [0.2, 0.25) is 0 Å². The molecule has 0 radical (unpaired) electrons. The Balaban J connectivity index is 1.50. The van der Waals surface area contributed by atoms with E-state index in [4.69, 9.17) is 0 Å². The average Bonchev–Trinajstić information content (AvgIpc) is 3.10. The van der Waals surface area contributed by atoms with E-state index < -0.39 is 15.7 Å². The van der Waals surface area contributed by atoms with Crippen molar-refractivity contribution in [3.05, 3.63) is 59.8 Å². The number of carbonyl (C=O) groups excluding carboxylic acids is 1. The second-order valence-electron chi connectivity index (χ2n) is 8.32. The number of fused-ring (bicyclic) bond motifs is 3. The highest BCUT2D eigenvalue weighted by atomic mass is 32.2. The SMILES string of the molecule is CN1CCN(c2ccccc2NC(=O)c2nn(C)c3c2CS(=O)(=O)c2ccccc2-3)CC1. The van der Waals surface area contributed by atoms with Crippen LogP contribution >= 0.6 is 0 Å². The van der Waals surface area contributed by atoms with Crippen molar-refractivity contribution in [2.45, 2.75) is 10.6 Å². The van der Waals surface area contributed by atoms with Gasteiger partial charge >= 0.3 is 0 Å². The lowest BCUT2D eigenvalue weighted by Crippen LogP contribution is -2.44. The number of piperazine rings is 1. The van der Waals surface area contributed by atoms with Crippen LogP contribution in [0.1, 0.15) is 16.1 Å². The molecule has 1 fully saturated rings. The molecule has 2 aliphatic heterocycles. The highest BCUT2D eigenvalue weighted by Crippen LogP contribution is 2.39. The third-order valence-electron chi connectivity index (χ3n) is 6.17. The Morgan fingerprint density at radius 1 is 0.969 bits per heavy atom. The molecule has 5 rings (SSSR count). The van der Waals surface area contributed by atoms with Crippen molar-refractivity contribution in [3.8, 4) is 11.3 Å². The fourth-order valence-corrected chi connectivity index (χ4v) is 6.10. The molecule has 3 aromatic rings. The highest BCUT2D eigenvalue weighted by molar-refractivity contribution is 7.90. The van der Waals surface area contributed by atoms with E-state index in [9.17, 15) is 13.2 Å². The fourth-order valence-electron chi connectivity index (χ4n) is 4.51. The Morgan fingerprint density at radius 2 is 1.66 bits per heavy atom. The second-order valence-corrected chi connectivity index (χ2v) is 10.3. The van der Waals surface area contributed by atoms with Gasteiger partial charge in [0, 0.05) is 44.4 Å². The normalized spacial score (nSPS) is 17.5. The maximum Gasteiger partial charge on any atom is 0.276 e. The quantitative estimate of drug-likeness (QED) is 0.658. The zero-order chi connectivity index (χ0) is 22.5. The minimum absolute atomic E-state index is 0.147. The molecular formula is C23H25N5O3S. The molecule has 1 N–H and O–H groups in total. The largest absolute Gasteiger partial charge is 0.367 e. The zero-order valence-corrected chi connectivity index (χ0v) is 18.9. The lowest BCUT2D eigenvalue weighted by atomic mass is 10.1. The Hall–Kier alpha value is -3.17. The van der Waals surface area contributed by atoms with Crippen molar-refractivity contribution in [2.75, 3.05) is 43.4 Å². The molecule has 2 aliphatic rings. The molecule has 0 saturated carbocycles. The van der Waals surface area contributed by atoms with Gasteiger partial charge in [0.15, 0.2) is 15.5 Å². The number of likely N-dealkylation sites (N-methyl/N-ethyl adjacent to an activating group) is 1. The minimum Gasteiger partial charge on any atom is -0.367 e. The molecule has 32 heavy (non-hydrogen) atoms. The highest BCUT2D eigenvalue weighted by Gasteiger charge is 2.35. The molecule has 1 amide bonds. The van der Waals surface area contributed by atoms with Gasteiger partial charge in [-0.25, -0.2) is 8.42 Å². The number of amides is 1. The van der Waals surface area contributed by atoms with E-state index in [0.717, 1.165) is 31.9 Å². The smallest absolute Gasteiger partial charge is 0.276 e. The topological polar surface area (TPSA) is 87.5 Å². The number of hydrogen-bond donors (Lipinski definition) is 1. The van der Waals surface area contributed by atoms with Gasteiger partial charge in [-0.15, -0.1) is 0 Å². The van der Waals surface area contributed by atoms with E-state index in [1.807, 2.05) is 24.3 Å². The molecule has 1 saturated heterocycles. The van der Waals surface area contributed by atoms with Gasteiger partial charge < -0.3 is 15.1 Å². The number of aromatic nitrogens is 2. The van der Waals surface area contributed by atoms with Crippen molar-refractivity contribution in [2.24, 2.45) is 7.05 Å². The van der Waals surface area contributed by atoms with Crippen molar-refractivity contribution in [3.63, 3.8) is 0 Å². The van der Waals surface area contributed by atoms with E-state index in [-0.39, 0.29) is 16.3 Å². The number of anilines is 2. The summed E-state index contributed by atoms with van der Waals surface area (Å²) in [5.41, 5.74) is 3.50. The van der Waals surface area contributed by atoms with Gasteiger partial charge in [0.2, 0.25) is 0 Å². The third kappa shape index (κ3) is 3.47. The lowest BCUT2D eigenvalue weighted by Gasteiger charge is -2.35. The summed E-state index contributed by atoms with van der Waals surface area (Å²) in [6.07, 6.45) is 0. The molecule has 0 bridgehead atoms. The first-order chi connectivity index (χ1) is 15.3. The van der Waals surface area contributed by atoms with Crippen LogP contribution in [0.3, 0.4) is 0 Å². The fraction of sp³-hybridized carbons (Fsp3) is 0.304. The van der Waals surface area contributed by atoms with Gasteiger partial charge in [-0.2, -0.15) is 5.10 Å². The van der Waals surface area contributed by atoms with Crippen molar-refractivity contribution in [1.29, 1.82) is 0 Å². The predicted molar refractivity (Wildman–Crippen MR) is 124 cm³/mol. The molecule has 2 aromatic carbocycles. The van der Waals surface area contributed by atoms with Gasteiger partial charge in [0.05, 0.1) is 27.7 Å². The van der Waals surface area contributed by atoms with Crippen LogP contribution in [0.4, 0.5) is 11.4 Å². The maximum absolute atomic E-state index is 13.3. The van der Waals surface area contributed by atoms with Crippen LogP contribution in [0.25, 0.3) is 11.3 Å². The molecule has 0 atom stereocenters. The molecule has 1 aromatic heterocycles. The van der Waals surface area contributed by atoms with E-state index in [0.29, 0.717) is 22.5 Å². The van der Waals surface area contributed by atoms with Crippen molar-refractivity contribution in [1.82, 2.24) is 14.7 Å². The Kier molecular flexibility index (Phi) is 5.02. The van der Waals surface area contributed by atoms with E-state index >= 15 is 0 Å². The summed E-state index contributed by atoms with van der Waals surface area (Å²) in [6.45, 7) is 3.65. The standard InChI is InChI=1S/C23H25N5O3S/c1-26-11-13-28(14-12-26)19-9-5-4-8-18(19)24-23(29)21-17-15-32(30,31)20-10-6-3-7-16(20)22(17)27(2)25-21/h3-10H,11-15H2,1-2H3,(H,24,29). The van der Waals surface area contributed by atoms with Crippen molar-refractivity contribution < 1.29 is 13.2 Å². The summed E-state index contributed by atoms with van der Waals surface area (Å²) in [6, 6.07) is 14.6. The molecule has 8 nitrogen and oxygen atoms in total. The first-order valence-corrected chi connectivity index (χ1v) is 12.2. The number of nitrogens with one attached hydrogen (secondary N) is 1. The van der Waals surface area contributed by atoms with E-state index in [1.165, 1.54) is 0 Å². The second kappa shape index (κ2) is 7.75. The Bertz CT molecular complexity index is 1310. The molecule has 0 unspecified atom stereocenters. The Morgan fingerprint density at radius 3 is 2.44 bits per heavy atom. The summed E-state index contributed by atoms with van der Waals surface area (Å²) < 4.78 is 27.4. The lowest BCUT2D eigenvalue weighted by molar-refractivity contribution is 0.102. The first kappa shape index (κ1) is 20.7. The number of hydrogen-bond acceptors (Lipinski definition) is 6. The minimum atomic E-state index is -3.55. The van der Waals surface area contributed by atoms with Gasteiger partial charge in [-0.3, -0.25) is 9.48 Å². The number of sulfone groups is 1. The van der Waals surface area contributed by atoms with Crippen LogP contribution in [-0.4, -0.2) is 62.2 Å². The molecular weight excluding hydrogens is 426 g/mol. The summed E-state index contributed by atoms with van der Waals surface area (Å²) in [7, 11) is 0.290. The first-order valence-electron chi connectivity index (χ1n) is 10.6. The number of nitrogens with zero attached hydrogens (tertiary/aromatic N) is 4. The number of rotatable bonds is 3. The Labute approximate surface area is 187 Å². The molecule has 166 valence electrons. The van der Waals surface area contributed by atoms with Gasteiger partial charge in [-0.1, -0.05) is 30.3 Å². The van der Waals surface area contributed by atoms with Crippen molar-refractivity contribution >= 4 is 27.1 Å². The van der Waals surface area contributed by atoms with Crippen LogP contribution in [-0.2, 0) is 22.6 Å². The summed E-state index contributed by atoms with van der Waals surface area (Å²) in [4.78, 5) is 18.1. The summed E-state index contributed by atoms with van der Waals surface area (Å²) in [5, 5.41) is 7.41. The van der Waals surface area contributed by atoms with Crippen LogP contribution in [0.5, 0.6) is 0 Å². The van der Waals surface area contributed by atoms with Gasteiger partial charge in [0.1, 0.15) is 0 Å². The van der Waals surface area contributed by atoms with Crippen LogP contribution < -0.4 is 10.2 Å². The van der Waals surface area contributed by atoms with Gasteiger partial charge in [0.25, 0.3) is 5.91 Å². The maximum atomic E-state index is 13.3. The number of carbonyl (C=O) groups is 1. The molecule has 0 spiro atoms.